The Bertz CT molecular complexity index is 671. The summed E-state index contributed by atoms with van der Waals surface area (Å²) in [6.07, 6.45) is 0.143. The molecule has 0 unspecified atom stereocenters. The molecule has 0 radical (unpaired) electrons. The topological polar surface area (TPSA) is 38.3 Å². The Morgan fingerprint density at radius 1 is 1.14 bits per heavy atom. The third-order valence-electron chi connectivity index (χ3n) is 3.03. The molecular formula is C16H15F2NO2. The van der Waals surface area contributed by atoms with Crippen LogP contribution in [-0.4, -0.2) is 13.0 Å². The van der Waals surface area contributed by atoms with Crippen molar-refractivity contribution in [1.29, 1.82) is 0 Å². The molecule has 110 valence electrons. The van der Waals surface area contributed by atoms with Gasteiger partial charge in [-0.3, -0.25) is 4.79 Å². The van der Waals surface area contributed by atoms with Gasteiger partial charge in [0.25, 0.3) is 0 Å². The summed E-state index contributed by atoms with van der Waals surface area (Å²) in [5.74, 6) is -1.49. The Balaban J connectivity index is 2.04. The van der Waals surface area contributed by atoms with Crippen molar-refractivity contribution < 1.29 is 18.3 Å². The van der Waals surface area contributed by atoms with Crippen LogP contribution in [0.15, 0.2) is 36.4 Å². The molecule has 21 heavy (non-hydrogen) atoms. The van der Waals surface area contributed by atoms with Crippen molar-refractivity contribution in [3.8, 4) is 5.75 Å². The fourth-order valence-electron chi connectivity index (χ4n) is 2.01. The van der Waals surface area contributed by atoms with Crippen LogP contribution in [-0.2, 0) is 11.2 Å². The first-order chi connectivity index (χ1) is 9.99. The number of anilines is 1. The van der Waals surface area contributed by atoms with Crippen LogP contribution in [0, 0.1) is 18.6 Å². The zero-order chi connectivity index (χ0) is 15.4. The lowest BCUT2D eigenvalue weighted by Gasteiger charge is -2.08. The van der Waals surface area contributed by atoms with Gasteiger partial charge in [-0.15, -0.1) is 0 Å². The predicted octanol–water partition coefficient (Wildman–Crippen LogP) is 3.46. The highest BCUT2D eigenvalue weighted by Crippen LogP contribution is 2.19. The summed E-state index contributed by atoms with van der Waals surface area (Å²) < 4.78 is 31.0. The maximum Gasteiger partial charge on any atom is 0.228 e. The summed E-state index contributed by atoms with van der Waals surface area (Å²) in [7, 11) is 1.58. The molecule has 0 saturated heterocycles. The average Bonchev–Trinajstić information content (AvgIpc) is 2.43. The number of hydrogen-bond acceptors (Lipinski definition) is 2. The maximum atomic E-state index is 13.1. The number of nitrogens with one attached hydrogen (secondary N) is 1. The van der Waals surface area contributed by atoms with Crippen LogP contribution in [0.1, 0.15) is 11.1 Å². The maximum absolute atomic E-state index is 13.1. The molecule has 0 heterocycles. The smallest absolute Gasteiger partial charge is 0.228 e. The molecule has 0 spiro atoms. The van der Waals surface area contributed by atoms with E-state index in [1.807, 2.05) is 13.0 Å². The molecular weight excluding hydrogens is 276 g/mol. The molecule has 0 aromatic heterocycles. The van der Waals surface area contributed by atoms with Gasteiger partial charge >= 0.3 is 0 Å². The van der Waals surface area contributed by atoms with Crippen molar-refractivity contribution in [2.45, 2.75) is 13.3 Å². The van der Waals surface area contributed by atoms with Crippen LogP contribution in [0.5, 0.6) is 5.75 Å². The summed E-state index contributed by atoms with van der Waals surface area (Å²) in [5.41, 5.74) is 1.97. The van der Waals surface area contributed by atoms with Crippen LogP contribution < -0.4 is 10.1 Å². The molecule has 0 bridgehead atoms. The fraction of sp³-hybridized carbons (Fsp3) is 0.188. The second kappa shape index (κ2) is 6.35. The van der Waals surface area contributed by atoms with Crippen LogP contribution in [0.2, 0.25) is 0 Å². The van der Waals surface area contributed by atoms with E-state index >= 15 is 0 Å². The molecule has 2 aromatic rings. The highest BCUT2D eigenvalue weighted by atomic mass is 19.2. The minimum Gasteiger partial charge on any atom is -0.496 e. The van der Waals surface area contributed by atoms with E-state index in [0.717, 1.165) is 29.0 Å². The molecule has 0 atom stereocenters. The van der Waals surface area contributed by atoms with Crippen LogP contribution in [0.25, 0.3) is 0 Å². The Hall–Kier alpha value is -2.43. The number of rotatable bonds is 4. The molecule has 5 heteroatoms. The van der Waals surface area contributed by atoms with E-state index in [0.29, 0.717) is 0 Å². The average molecular weight is 291 g/mol. The summed E-state index contributed by atoms with van der Waals surface area (Å²) in [6.45, 7) is 1.88. The van der Waals surface area contributed by atoms with E-state index in [1.54, 1.807) is 19.2 Å². The van der Waals surface area contributed by atoms with Gasteiger partial charge in [0.05, 0.1) is 13.5 Å². The van der Waals surface area contributed by atoms with Gasteiger partial charge in [-0.1, -0.05) is 12.1 Å². The SMILES string of the molecule is COc1ccc(CC(=O)Nc2ccc(F)c(F)c2)cc1C. The highest BCUT2D eigenvalue weighted by molar-refractivity contribution is 5.92. The van der Waals surface area contributed by atoms with E-state index in [1.165, 1.54) is 6.07 Å². The van der Waals surface area contributed by atoms with Crippen molar-refractivity contribution in [2.75, 3.05) is 12.4 Å². The molecule has 2 rings (SSSR count). The number of amides is 1. The van der Waals surface area contributed by atoms with Gasteiger partial charge in [0.2, 0.25) is 5.91 Å². The molecule has 0 aliphatic heterocycles. The molecule has 3 nitrogen and oxygen atoms in total. The van der Waals surface area contributed by atoms with Crippen molar-refractivity contribution in [3.05, 3.63) is 59.2 Å². The van der Waals surface area contributed by atoms with Gasteiger partial charge in [0.1, 0.15) is 5.75 Å². The minimum absolute atomic E-state index is 0.143. The molecule has 0 aliphatic rings. The van der Waals surface area contributed by atoms with Gasteiger partial charge in [-0.25, -0.2) is 8.78 Å². The Morgan fingerprint density at radius 3 is 2.52 bits per heavy atom. The largest absolute Gasteiger partial charge is 0.496 e. The summed E-state index contributed by atoms with van der Waals surface area (Å²) in [4.78, 5) is 11.9. The predicted molar refractivity (Wildman–Crippen MR) is 76.4 cm³/mol. The normalized spacial score (nSPS) is 10.3. The van der Waals surface area contributed by atoms with Gasteiger partial charge in [-0.2, -0.15) is 0 Å². The lowest BCUT2D eigenvalue weighted by atomic mass is 10.1. The number of hydrogen-bond donors (Lipinski definition) is 1. The van der Waals surface area contributed by atoms with Gasteiger partial charge in [0, 0.05) is 11.8 Å². The summed E-state index contributed by atoms with van der Waals surface area (Å²) in [5, 5.41) is 2.53. The van der Waals surface area contributed by atoms with E-state index in [4.69, 9.17) is 4.74 Å². The van der Waals surface area contributed by atoms with E-state index in [2.05, 4.69) is 5.32 Å². The molecule has 0 saturated carbocycles. The van der Waals surface area contributed by atoms with Crippen molar-refractivity contribution in [1.82, 2.24) is 0 Å². The Morgan fingerprint density at radius 2 is 1.90 bits per heavy atom. The first-order valence-corrected chi connectivity index (χ1v) is 6.38. The third-order valence-corrected chi connectivity index (χ3v) is 3.03. The Kier molecular flexibility index (Phi) is 4.52. The second-order valence-corrected chi connectivity index (χ2v) is 4.66. The van der Waals surface area contributed by atoms with E-state index < -0.39 is 11.6 Å². The lowest BCUT2D eigenvalue weighted by Crippen LogP contribution is -2.14. The molecule has 2 aromatic carbocycles. The first kappa shape index (κ1) is 15.0. The van der Waals surface area contributed by atoms with E-state index in [9.17, 15) is 13.6 Å². The fourth-order valence-corrected chi connectivity index (χ4v) is 2.01. The third kappa shape index (κ3) is 3.78. The zero-order valence-electron chi connectivity index (χ0n) is 11.7. The number of aryl methyl sites for hydroxylation is 1. The zero-order valence-corrected chi connectivity index (χ0v) is 11.7. The van der Waals surface area contributed by atoms with Crippen LogP contribution >= 0.6 is 0 Å². The number of ether oxygens (including phenoxy) is 1. The van der Waals surface area contributed by atoms with Crippen molar-refractivity contribution >= 4 is 11.6 Å². The number of methoxy groups -OCH3 is 1. The molecule has 0 aliphatic carbocycles. The van der Waals surface area contributed by atoms with Crippen LogP contribution in [0.4, 0.5) is 14.5 Å². The van der Waals surface area contributed by atoms with Crippen LogP contribution in [0.3, 0.4) is 0 Å². The van der Waals surface area contributed by atoms with E-state index in [-0.39, 0.29) is 18.0 Å². The number of halogens is 2. The monoisotopic (exact) mass is 291 g/mol. The summed E-state index contributed by atoms with van der Waals surface area (Å²) in [6, 6.07) is 8.67. The van der Waals surface area contributed by atoms with Gasteiger partial charge in [0.15, 0.2) is 11.6 Å². The molecule has 1 amide bonds. The van der Waals surface area contributed by atoms with Gasteiger partial charge < -0.3 is 10.1 Å². The number of benzene rings is 2. The number of carbonyl (C=O) groups excluding carboxylic acids is 1. The quantitative estimate of drug-likeness (QED) is 0.936. The number of carbonyl (C=O) groups is 1. The van der Waals surface area contributed by atoms with Crippen molar-refractivity contribution in [2.24, 2.45) is 0 Å². The van der Waals surface area contributed by atoms with Crippen molar-refractivity contribution in [3.63, 3.8) is 0 Å². The lowest BCUT2D eigenvalue weighted by molar-refractivity contribution is -0.115. The highest BCUT2D eigenvalue weighted by Gasteiger charge is 2.08. The minimum atomic E-state index is -0.993. The van der Waals surface area contributed by atoms with Gasteiger partial charge in [-0.05, 0) is 36.2 Å². The standard InChI is InChI=1S/C16H15F2NO2/c1-10-7-11(3-6-15(10)21-2)8-16(20)19-12-4-5-13(17)14(18)9-12/h3-7,9H,8H2,1-2H3,(H,19,20). The first-order valence-electron chi connectivity index (χ1n) is 6.38. The Labute approximate surface area is 121 Å². The molecule has 1 N–H and O–H groups in total. The summed E-state index contributed by atoms with van der Waals surface area (Å²) >= 11 is 0. The molecule has 0 fully saturated rings. The second-order valence-electron chi connectivity index (χ2n) is 4.66.